The molecule has 0 aromatic carbocycles. The smallest absolute Gasteiger partial charge is 0.220 e. The van der Waals surface area contributed by atoms with Crippen LogP contribution in [0, 0.1) is 0 Å². The number of carbonyl (C=O) groups excluding carboxylic acids is 1. The van der Waals surface area contributed by atoms with Crippen LogP contribution in [-0.4, -0.2) is 27.2 Å². The standard InChI is InChI=1S/C15H20N4O/c1-13(14-5-2-6-16-12-14)11-15(20)17-7-3-9-19-10-4-8-18-19/h2,4-6,8,10,12-13H,3,7,9,11H2,1H3,(H,17,20)/t13-/m0/s1. The van der Waals surface area contributed by atoms with Crippen molar-refractivity contribution in [2.24, 2.45) is 0 Å². The molecule has 2 rings (SSSR count). The lowest BCUT2D eigenvalue weighted by Gasteiger charge is -2.11. The Labute approximate surface area is 119 Å². The van der Waals surface area contributed by atoms with Crippen molar-refractivity contribution in [2.75, 3.05) is 6.54 Å². The first-order valence-electron chi connectivity index (χ1n) is 6.90. The third kappa shape index (κ3) is 4.50. The zero-order valence-corrected chi connectivity index (χ0v) is 11.7. The van der Waals surface area contributed by atoms with Crippen LogP contribution in [0.2, 0.25) is 0 Å². The fourth-order valence-electron chi connectivity index (χ4n) is 2.04. The van der Waals surface area contributed by atoms with Crippen LogP contribution < -0.4 is 5.32 Å². The fourth-order valence-corrected chi connectivity index (χ4v) is 2.04. The molecule has 0 fully saturated rings. The Morgan fingerprint density at radius 2 is 2.30 bits per heavy atom. The van der Waals surface area contributed by atoms with E-state index >= 15 is 0 Å². The molecule has 0 bridgehead atoms. The molecule has 0 aliphatic rings. The lowest BCUT2D eigenvalue weighted by molar-refractivity contribution is -0.121. The molecule has 0 aliphatic heterocycles. The van der Waals surface area contributed by atoms with E-state index < -0.39 is 0 Å². The molecule has 0 radical (unpaired) electrons. The summed E-state index contributed by atoms with van der Waals surface area (Å²) in [6.45, 7) is 3.55. The molecule has 106 valence electrons. The van der Waals surface area contributed by atoms with E-state index in [4.69, 9.17) is 0 Å². The van der Waals surface area contributed by atoms with E-state index in [9.17, 15) is 4.79 Å². The highest BCUT2D eigenvalue weighted by Crippen LogP contribution is 2.16. The predicted molar refractivity (Wildman–Crippen MR) is 77.1 cm³/mol. The van der Waals surface area contributed by atoms with Gasteiger partial charge in [0.25, 0.3) is 0 Å². The Morgan fingerprint density at radius 3 is 3.00 bits per heavy atom. The molecule has 0 spiro atoms. The minimum absolute atomic E-state index is 0.0850. The fraction of sp³-hybridized carbons (Fsp3) is 0.400. The zero-order chi connectivity index (χ0) is 14.2. The maximum absolute atomic E-state index is 11.8. The van der Waals surface area contributed by atoms with Crippen LogP contribution in [0.25, 0.3) is 0 Å². The molecule has 2 aromatic heterocycles. The second-order valence-electron chi connectivity index (χ2n) is 4.86. The maximum atomic E-state index is 11.8. The molecule has 1 N–H and O–H groups in total. The average Bonchev–Trinajstić information content (AvgIpc) is 2.98. The van der Waals surface area contributed by atoms with Crippen LogP contribution in [0.3, 0.4) is 0 Å². The normalized spacial score (nSPS) is 12.1. The number of carbonyl (C=O) groups is 1. The van der Waals surface area contributed by atoms with Crippen molar-refractivity contribution in [3.63, 3.8) is 0 Å². The van der Waals surface area contributed by atoms with E-state index in [1.807, 2.05) is 42.2 Å². The number of aromatic nitrogens is 3. The van der Waals surface area contributed by atoms with Gasteiger partial charge < -0.3 is 5.32 Å². The Kier molecular flexibility index (Phi) is 5.29. The Hall–Kier alpha value is -2.17. The summed E-state index contributed by atoms with van der Waals surface area (Å²) in [7, 11) is 0. The van der Waals surface area contributed by atoms with Crippen LogP contribution >= 0.6 is 0 Å². The molecular formula is C15H20N4O. The zero-order valence-electron chi connectivity index (χ0n) is 11.7. The van der Waals surface area contributed by atoms with E-state index in [0.717, 1.165) is 18.5 Å². The maximum Gasteiger partial charge on any atom is 0.220 e. The molecular weight excluding hydrogens is 252 g/mol. The van der Waals surface area contributed by atoms with Gasteiger partial charge in [-0.1, -0.05) is 13.0 Å². The summed E-state index contributed by atoms with van der Waals surface area (Å²) in [5.74, 6) is 0.275. The van der Waals surface area contributed by atoms with Gasteiger partial charge in [0.05, 0.1) is 0 Å². The van der Waals surface area contributed by atoms with Gasteiger partial charge in [-0.15, -0.1) is 0 Å². The van der Waals surface area contributed by atoms with Gasteiger partial charge in [-0.2, -0.15) is 5.10 Å². The number of pyridine rings is 1. The summed E-state index contributed by atoms with van der Waals surface area (Å²) >= 11 is 0. The minimum atomic E-state index is 0.0850. The van der Waals surface area contributed by atoms with Gasteiger partial charge >= 0.3 is 0 Å². The molecule has 1 atom stereocenters. The first-order chi connectivity index (χ1) is 9.75. The molecule has 1 amide bonds. The van der Waals surface area contributed by atoms with E-state index in [-0.39, 0.29) is 11.8 Å². The monoisotopic (exact) mass is 272 g/mol. The molecule has 0 aliphatic carbocycles. The van der Waals surface area contributed by atoms with Gasteiger partial charge in [-0.3, -0.25) is 14.5 Å². The third-order valence-electron chi connectivity index (χ3n) is 3.19. The molecule has 2 heterocycles. The van der Waals surface area contributed by atoms with Gasteiger partial charge in [0.1, 0.15) is 0 Å². The first kappa shape index (κ1) is 14.2. The number of rotatable bonds is 7. The quantitative estimate of drug-likeness (QED) is 0.784. The van der Waals surface area contributed by atoms with Crippen LogP contribution in [0.5, 0.6) is 0 Å². The third-order valence-corrected chi connectivity index (χ3v) is 3.19. The summed E-state index contributed by atoms with van der Waals surface area (Å²) in [6, 6.07) is 5.80. The summed E-state index contributed by atoms with van der Waals surface area (Å²) in [4.78, 5) is 15.9. The second kappa shape index (κ2) is 7.43. The number of nitrogens with zero attached hydrogens (tertiary/aromatic N) is 3. The second-order valence-corrected chi connectivity index (χ2v) is 4.86. The van der Waals surface area contributed by atoms with Gasteiger partial charge in [0, 0.05) is 44.3 Å². The highest BCUT2D eigenvalue weighted by Gasteiger charge is 2.10. The molecule has 5 heteroatoms. The van der Waals surface area contributed by atoms with Crippen LogP contribution in [-0.2, 0) is 11.3 Å². The van der Waals surface area contributed by atoms with Crippen LogP contribution in [0.4, 0.5) is 0 Å². The number of hydrogen-bond donors (Lipinski definition) is 1. The van der Waals surface area contributed by atoms with Crippen LogP contribution in [0.15, 0.2) is 43.0 Å². The topological polar surface area (TPSA) is 59.8 Å². The summed E-state index contributed by atoms with van der Waals surface area (Å²) in [6.07, 6.45) is 8.61. The molecule has 0 saturated carbocycles. The van der Waals surface area contributed by atoms with E-state index in [1.165, 1.54) is 0 Å². The van der Waals surface area contributed by atoms with Gasteiger partial charge in [0.15, 0.2) is 0 Å². The highest BCUT2D eigenvalue weighted by atomic mass is 16.1. The molecule has 0 unspecified atom stereocenters. The Balaban J connectivity index is 1.65. The molecule has 5 nitrogen and oxygen atoms in total. The van der Waals surface area contributed by atoms with Crippen molar-refractivity contribution in [3.8, 4) is 0 Å². The van der Waals surface area contributed by atoms with Crippen molar-refractivity contribution in [2.45, 2.75) is 32.2 Å². The van der Waals surface area contributed by atoms with Crippen molar-refractivity contribution in [1.82, 2.24) is 20.1 Å². The minimum Gasteiger partial charge on any atom is -0.356 e. The Morgan fingerprint density at radius 1 is 1.40 bits per heavy atom. The van der Waals surface area contributed by atoms with Gasteiger partial charge in [-0.05, 0) is 30.0 Å². The number of amides is 1. The molecule has 20 heavy (non-hydrogen) atoms. The Bertz CT molecular complexity index is 510. The highest BCUT2D eigenvalue weighted by molar-refractivity contribution is 5.76. The summed E-state index contributed by atoms with van der Waals surface area (Å²) < 4.78 is 1.87. The largest absolute Gasteiger partial charge is 0.356 e. The van der Waals surface area contributed by atoms with Gasteiger partial charge in [-0.25, -0.2) is 0 Å². The van der Waals surface area contributed by atoms with Crippen molar-refractivity contribution in [3.05, 3.63) is 48.5 Å². The lowest BCUT2D eigenvalue weighted by Crippen LogP contribution is -2.26. The first-order valence-corrected chi connectivity index (χ1v) is 6.90. The van der Waals surface area contributed by atoms with Crippen molar-refractivity contribution >= 4 is 5.91 Å². The predicted octanol–water partition coefficient (Wildman–Crippen LogP) is 1.98. The van der Waals surface area contributed by atoms with E-state index in [1.54, 1.807) is 12.4 Å². The van der Waals surface area contributed by atoms with Gasteiger partial charge in [0.2, 0.25) is 5.91 Å². The average molecular weight is 272 g/mol. The number of aryl methyl sites for hydroxylation is 1. The number of hydrogen-bond acceptors (Lipinski definition) is 3. The van der Waals surface area contributed by atoms with Crippen molar-refractivity contribution in [1.29, 1.82) is 0 Å². The van der Waals surface area contributed by atoms with Crippen molar-refractivity contribution < 1.29 is 4.79 Å². The lowest BCUT2D eigenvalue weighted by atomic mass is 9.99. The van der Waals surface area contributed by atoms with Crippen LogP contribution in [0.1, 0.15) is 31.2 Å². The summed E-state index contributed by atoms with van der Waals surface area (Å²) in [5, 5.41) is 7.06. The van der Waals surface area contributed by atoms with E-state index in [0.29, 0.717) is 13.0 Å². The summed E-state index contributed by atoms with van der Waals surface area (Å²) in [5.41, 5.74) is 1.10. The van der Waals surface area contributed by atoms with E-state index in [2.05, 4.69) is 15.4 Å². The SMILES string of the molecule is C[C@@H](CC(=O)NCCCn1cccn1)c1cccnc1. The molecule has 2 aromatic rings. The number of nitrogens with one attached hydrogen (secondary N) is 1. The molecule has 0 saturated heterocycles.